The van der Waals surface area contributed by atoms with Crippen LogP contribution in [0.5, 0.6) is 5.75 Å². The van der Waals surface area contributed by atoms with Crippen LogP contribution in [0.25, 0.3) is 0 Å². The number of guanidine groups is 1. The highest BCUT2D eigenvalue weighted by Crippen LogP contribution is 2.27. The van der Waals surface area contributed by atoms with Gasteiger partial charge in [0.1, 0.15) is 12.4 Å². The molecule has 1 amide bonds. The zero-order chi connectivity index (χ0) is 20.5. The molecule has 2 fully saturated rings. The molecule has 0 bridgehead atoms. The van der Waals surface area contributed by atoms with E-state index >= 15 is 0 Å². The summed E-state index contributed by atoms with van der Waals surface area (Å²) in [6.07, 6.45) is 7.21. The van der Waals surface area contributed by atoms with Crippen molar-refractivity contribution in [2.24, 2.45) is 10.9 Å². The molecule has 1 heterocycles. The molecule has 1 aromatic carbocycles. The van der Waals surface area contributed by atoms with Crippen molar-refractivity contribution in [3.05, 3.63) is 42.5 Å². The van der Waals surface area contributed by atoms with Gasteiger partial charge >= 0.3 is 0 Å². The van der Waals surface area contributed by atoms with E-state index in [0.29, 0.717) is 19.1 Å². The molecule has 0 radical (unpaired) electrons. The van der Waals surface area contributed by atoms with Crippen molar-refractivity contribution in [1.29, 1.82) is 0 Å². The Hall–Kier alpha value is -1.77. The van der Waals surface area contributed by atoms with Crippen LogP contribution in [0, 0.1) is 5.92 Å². The lowest BCUT2D eigenvalue weighted by molar-refractivity contribution is -0.134. The molecule has 1 aliphatic heterocycles. The van der Waals surface area contributed by atoms with Crippen LogP contribution in [0.1, 0.15) is 44.6 Å². The average Bonchev–Trinajstić information content (AvgIpc) is 3.43. The molecule has 1 unspecified atom stereocenters. The van der Waals surface area contributed by atoms with Crippen LogP contribution in [0.4, 0.5) is 0 Å². The van der Waals surface area contributed by atoms with Crippen molar-refractivity contribution < 1.29 is 9.53 Å². The van der Waals surface area contributed by atoms with Crippen molar-refractivity contribution in [3.63, 3.8) is 0 Å². The van der Waals surface area contributed by atoms with E-state index in [1.165, 1.54) is 12.8 Å². The molecule has 1 aliphatic carbocycles. The van der Waals surface area contributed by atoms with Crippen molar-refractivity contribution >= 4 is 35.8 Å². The lowest BCUT2D eigenvalue weighted by Gasteiger charge is -2.21. The third kappa shape index (κ3) is 6.89. The summed E-state index contributed by atoms with van der Waals surface area (Å²) in [6, 6.07) is 8.19. The third-order valence-electron chi connectivity index (χ3n) is 5.63. The van der Waals surface area contributed by atoms with Crippen LogP contribution in [-0.4, -0.2) is 49.0 Å². The van der Waals surface area contributed by atoms with Crippen molar-refractivity contribution in [3.8, 4) is 5.75 Å². The van der Waals surface area contributed by atoms with Crippen LogP contribution >= 0.6 is 24.0 Å². The van der Waals surface area contributed by atoms with Crippen LogP contribution in [0.3, 0.4) is 0 Å². The molecule has 1 saturated heterocycles. The number of ether oxygens (including phenoxy) is 1. The minimum absolute atomic E-state index is 0. The molecule has 166 valence electrons. The summed E-state index contributed by atoms with van der Waals surface area (Å²) >= 11 is 0. The Morgan fingerprint density at radius 1 is 1.30 bits per heavy atom. The van der Waals surface area contributed by atoms with E-state index in [4.69, 9.17) is 9.73 Å². The average molecular weight is 526 g/mol. The van der Waals surface area contributed by atoms with Gasteiger partial charge in [-0.05, 0) is 32.3 Å². The number of hydrogen-bond donors (Lipinski definition) is 2. The number of likely N-dealkylation sites (tertiary alicyclic amines) is 1. The number of aliphatic imine (C=N–C) groups is 1. The molecule has 6 nitrogen and oxygen atoms in total. The number of carbonyl (C=O) groups is 1. The van der Waals surface area contributed by atoms with E-state index < -0.39 is 0 Å². The van der Waals surface area contributed by atoms with Gasteiger partial charge in [-0.1, -0.05) is 43.7 Å². The second-order valence-corrected chi connectivity index (χ2v) is 7.80. The highest BCUT2D eigenvalue weighted by atomic mass is 127. The number of nitrogens with zero attached hydrogens (tertiary/aromatic N) is 2. The number of benzene rings is 1. The van der Waals surface area contributed by atoms with E-state index in [1.807, 2.05) is 29.2 Å². The summed E-state index contributed by atoms with van der Waals surface area (Å²) in [6.45, 7) is 9.16. The fraction of sp³-hybridized carbons (Fsp3) is 0.565. The smallest absolute Gasteiger partial charge is 0.225 e. The van der Waals surface area contributed by atoms with Crippen LogP contribution in [-0.2, 0) is 11.3 Å². The number of carbonyl (C=O) groups excluding carboxylic acids is 1. The summed E-state index contributed by atoms with van der Waals surface area (Å²) in [5, 5.41) is 6.83. The predicted molar refractivity (Wildman–Crippen MR) is 132 cm³/mol. The highest BCUT2D eigenvalue weighted by molar-refractivity contribution is 14.0. The maximum atomic E-state index is 12.7. The Morgan fingerprint density at radius 3 is 2.80 bits per heavy atom. The largest absolute Gasteiger partial charge is 0.489 e. The van der Waals surface area contributed by atoms with E-state index in [1.54, 1.807) is 6.08 Å². The number of hydrogen-bond acceptors (Lipinski definition) is 3. The maximum absolute atomic E-state index is 12.7. The summed E-state index contributed by atoms with van der Waals surface area (Å²) in [4.78, 5) is 19.5. The number of halogens is 1. The summed E-state index contributed by atoms with van der Waals surface area (Å²) < 4.78 is 5.73. The first-order chi connectivity index (χ1) is 14.2. The highest BCUT2D eigenvalue weighted by Gasteiger charge is 2.32. The summed E-state index contributed by atoms with van der Waals surface area (Å²) in [5.74, 6) is 2.22. The van der Waals surface area contributed by atoms with Gasteiger partial charge in [-0.15, -0.1) is 24.0 Å². The number of nitrogens with one attached hydrogen (secondary N) is 2. The molecule has 1 atom stereocenters. The fourth-order valence-electron chi connectivity index (χ4n) is 4.11. The minimum atomic E-state index is 0. The van der Waals surface area contributed by atoms with Crippen LogP contribution < -0.4 is 15.4 Å². The number of rotatable bonds is 8. The SMILES string of the molecule is C=CCOc1ccccc1CN=C(NCC)NC1CCN(C(=O)C2CCCC2)C1.I. The van der Waals surface area contributed by atoms with Gasteiger partial charge in [0.05, 0.1) is 6.54 Å². The molecular weight excluding hydrogens is 491 g/mol. The molecule has 2 N–H and O–H groups in total. The standard InChI is InChI=1S/C23H34N4O2.HI/c1-3-15-29-21-12-8-7-11-19(21)16-25-23(24-4-2)26-20-13-14-27(17-20)22(28)18-9-5-6-10-18;/h3,7-8,11-12,18,20H,1,4-6,9-10,13-17H2,2H3,(H2,24,25,26);1H. The molecule has 0 spiro atoms. The lowest BCUT2D eigenvalue weighted by atomic mass is 10.1. The molecule has 3 rings (SSSR count). The van der Waals surface area contributed by atoms with E-state index in [-0.39, 0.29) is 35.9 Å². The maximum Gasteiger partial charge on any atom is 0.225 e. The van der Waals surface area contributed by atoms with E-state index in [2.05, 4.69) is 24.1 Å². The predicted octanol–water partition coefficient (Wildman–Crippen LogP) is 3.72. The van der Waals surface area contributed by atoms with Crippen LogP contribution in [0.15, 0.2) is 41.9 Å². The van der Waals surface area contributed by atoms with Crippen molar-refractivity contribution in [2.75, 3.05) is 26.2 Å². The summed E-state index contributed by atoms with van der Waals surface area (Å²) in [7, 11) is 0. The monoisotopic (exact) mass is 526 g/mol. The Morgan fingerprint density at radius 2 is 2.07 bits per heavy atom. The Bertz CT molecular complexity index is 719. The van der Waals surface area contributed by atoms with E-state index in [9.17, 15) is 4.79 Å². The van der Waals surface area contributed by atoms with Gasteiger partial charge in [-0.3, -0.25) is 4.79 Å². The number of amides is 1. The van der Waals surface area contributed by atoms with Gasteiger partial charge in [-0.2, -0.15) is 0 Å². The van der Waals surface area contributed by atoms with Gasteiger partial charge in [-0.25, -0.2) is 4.99 Å². The second-order valence-electron chi connectivity index (χ2n) is 7.80. The lowest BCUT2D eigenvalue weighted by Crippen LogP contribution is -2.45. The fourth-order valence-corrected chi connectivity index (χ4v) is 4.11. The van der Waals surface area contributed by atoms with Gasteiger partial charge in [0, 0.05) is 37.2 Å². The Labute approximate surface area is 197 Å². The second kappa shape index (κ2) is 12.8. The van der Waals surface area contributed by atoms with Gasteiger partial charge in [0.25, 0.3) is 0 Å². The first-order valence-electron chi connectivity index (χ1n) is 10.9. The molecular formula is C23H35IN4O2. The summed E-state index contributed by atoms with van der Waals surface area (Å²) in [5.41, 5.74) is 1.04. The third-order valence-corrected chi connectivity index (χ3v) is 5.63. The van der Waals surface area contributed by atoms with E-state index in [0.717, 1.165) is 56.2 Å². The number of para-hydroxylation sites is 1. The van der Waals surface area contributed by atoms with Gasteiger partial charge in [0.2, 0.25) is 5.91 Å². The Kier molecular flexibility index (Phi) is 10.5. The van der Waals surface area contributed by atoms with Crippen LogP contribution in [0.2, 0.25) is 0 Å². The van der Waals surface area contributed by atoms with Crippen molar-refractivity contribution in [2.45, 2.75) is 51.6 Å². The topological polar surface area (TPSA) is 66.0 Å². The first kappa shape index (κ1) is 24.5. The molecule has 0 aromatic heterocycles. The molecule has 2 aliphatic rings. The van der Waals surface area contributed by atoms with Gasteiger partial charge < -0.3 is 20.3 Å². The molecule has 7 heteroatoms. The zero-order valence-corrected chi connectivity index (χ0v) is 20.3. The molecule has 1 aromatic rings. The minimum Gasteiger partial charge on any atom is -0.489 e. The molecule has 30 heavy (non-hydrogen) atoms. The zero-order valence-electron chi connectivity index (χ0n) is 17.9. The van der Waals surface area contributed by atoms with Gasteiger partial charge in [0.15, 0.2) is 5.96 Å². The first-order valence-corrected chi connectivity index (χ1v) is 10.9. The normalized spacial score (nSPS) is 19.3. The van der Waals surface area contributed by atoms with Crippen molar-refractivity contribution in [1.82, 2.24) is 15.5 Å². The quantitative estimate of drug-likeness (QED) is 0.235. The Balaban J connectivity index is 0.00000320. The molecule has 1 saturated carbocycles.